The third-order valence-corrected chi connectivity index (χ3v) is 8.94. The highest BCUT2D eigenvalue weighted by molar-refractivity contribution is 5.75. The first kappa shape index (κ1) is 26.4. The van der Waals surface area contributed by atoms with Crippen LogP contribution in [0.25, 0.3) is 11.1 Å². The van der Waals surface area contributed by atoms with E-state index in [1.54, 1.807) is 12.1 Å². The van der Waals surface area contributed by atoms with E-state index in [1.165, 1.54) is 24.3 Å². The summed E-state index contributed by atoms with van der Waals surface area (Å²) in [6.07, 6.45) is 1.05. The Hall–Kier alpha value is -2.80. The Bertz CT molecular complexity index is 1320. The van der Waals surface area contributed by atoms with E-state index in [4.69, 9.17) is 4.98 Å². The molecule has 0 radical (unpaired) electrons. The van der Waals surface area contributed by atoms with E-state index in [-0.39, 0.29) is 11.5 Å². The quantitative estimate of drug-likeness (QED) is 0.258. The molecule has 3 unspecified atom stereocenters. The molecule has 1 aromatic heterocycles. The largest absolute Gasteiger partial charge is 0.416 e. The summed E-state index contributed by atoms with van der Waals surface area (Å²) in [7, 11) is 0. The van der Waals surface area contributed by atoms with Crippen LogP contribution in [0.5, 0.6) is 0 Å². The number of rotatable bonds is 5. The summed E-state index contributed by atoms with van der Waals surface area (Å²) < 4.78 is 70.4. The van der Waals surface area contributed by atoms with Gasteiger partial charge in [0.1, 0.15) is 5.82 Å². The van der Waals surface area contributed by atoms with Gasteiger partial charge < -0.3 is 5.11 Å². The van der Waals surface area contributed by atoms with E-state index in [0.29, 0.717) is 52.6 Å². The minimum absolute atomic E-state index is 0.0248. The zero-order valence-corrected chi connectivity index (χ0v) is 21.7. The SMILES string of the molecule is OC1CC(C2CC2)CCc2nc(C3CCCC3)c(C(F)c3ccc(C(F)(F)F)cc3)c(-c3ccc(F)cc3)c21. The Morgan fingerprint density at radius 3 is 2.13 bits per heavy atom. The Morgan fingerprint density at radius 2 is 1.51 bits per heavy atom. The average Bonchev–Trinajstić information content (AvgIpc) is 3.65. The molecule has 0 bridgehead atoms. The van der Waals surface area contributed by atoms with Crippen molar-refractivity contribution >= 4 is 0 Å². The lowest BCUT2D eigenvalue weighted by molar-refractivity contribution is -0.137. The van der Waals surface area contributed by atoms with Gasteiger partial charge >= 0.3 is 6.18 Å². The minimum Gasteiger partial charge on any atom is -0.388 e. The lowest BCUT2D eigenvalue weighted by atomic mass is 9.82. The molecule has 2 nitrogen and oxygen atoms in total. The van der Waals surface area contributed by atoms with Gasteiger partial charge in [0.15, 0.2) is 6.17 Å². The fraction of sp³-hybridized carbons (Fsp3) is 0.469. The van der Waals surface area contributed by atoms with Crippen molar-refractivity contribution in [3.05, 3.63) is 88.0 Å². The molecule has 3 aliphatic rings. The number of aryl methyl sites for hydroxylation is 1. The summed E-state index contributed by atoms with van der Waals surface area (Å²) in [5.74, 6) is 0.560. The first-order chi connectivity index (χ1) is 18.7. The maximum atomic E-state index is 16.8. The molecule has 39 heavy (non-hydrogen) atoms. The summed E-state index contributed by atoms with van der Waals surface area (Å²) in [4.78, 5) is 5.07. The van der Waals surface area contributed by atoms with Crippen LogP contribution in [-0.4, -0.2) is 10.1 Å². The zero-order valence-electron chi connectivity index (χ0n) is 21.7. The number of hydrogen-bond donors (Lipinski definition) is 1. The first-order valence-electron chi connectivity index (χ1n) is 14.0. The van der Waals surface area contributed by atoms with Gasteiger partial charge in [-0.3, -0.25) is 4.98 Å². The van der Waals surface area contributed by atoms with Gasteiger partial charge in [0.25, 0.3) is 0 Å². The van der Waals surface area contributed by atoms with E-state index < -0.39 is 29.8 Å². The predicted octanol–water partition coefficient (Wildman–Crippen LogP) is 9.02. The molecule has 0 spiro atoms. The van der Waals surface area contributed by atoms with Gasteiger partial charge in [0.2, 0.25) is 0 Å². The van der Waals surface area contributed by atoms with E-state index in [0.717, 1.165) is 62.8 Å². The van der Waals surface area contributed by atoms with Crippen LogP contribution in [0.15, 0.2) is 48.5 Å². The first-order valence-corrected chi connectivity index (χ1v) is 14.0. The zero-order chi connectivity index (χ0) is 27.3. The number of pyridine rings is 1. The standard InChI is InChI=1S/C32H32F5NO/c33-24-14-9-19(10-15-24)27-28-25(16-11-22(17-26(28)39)18-5-6-18)38-31(21-3-1-2-4-21)29(27)30(34)20-7-12-23(13-8-20)32(35,36)37/h7-10,12-15,18,21-22,26,30,39H,1-6,11,16-17H2. The average molecular weight is 542 g/mol. The third kappa shape index (κ3) is 5.22. The fourth-order valence-electron chi connectivity index (χ4n) is 6.78. The van der Waals surface area contributed by atoms with Gasteiger partial charge in [0, 0.05) is 22.7 Å². The molecule has 2 aromatic carbocycles. The van der Waals surface area contributed by atoms with Crippen molar-refractivity contribution in [2.45, 2.75) is 82.2 Å². The maximum Gasteiger partial charge on any atom is 0.416 e. The van der Waals surface area contributed by atoms with Crippen molar-refractivity contribution in [2.24, 2.45) is 11.8 Å². The van der Waals surface area contributed by atoms with Crippen LogP contribution >= 0.6 is 0 Å². The monoisotopic (exact) mass is 541 g/mol. The number of benzene rings is 2. The fourth-order valence-corrected chi connectivity index (χ4v) is 6.78. The van der Waals surface area contributed by atoms with E-state index in [9.17, 15) is 22.7 Å². The number of hydrogen-bond acceptors (Lipinski definition) is 2. The molecule has 2 saturated carbocycles. The number of fused-ring (bicyclic) bond motifs is 1. The van der Waals surface area contributed by atoms with Crippen LogP contribution < -0.4 is 0 Å². The number of halogens is 5. The lowest BCUT2D eigenvalue weighted by Crippen LogP contribution is -2.16. The van der Waals surface area contributed by atoms with Crippen molar-refractivity contribution in [1.29, 1.82) is 0 Å². The second-order valence-corrected chi connectivity index (χ2v) is 11.5. The topological polar surface area (TPSA) is 33.1 Å². The number of aliphatic hydroxyl groups is 1. The molecule has 0 saturated heterocycles. The molecule has 0 aliphatic heterocycles. The smallest absolute Gasteiger partial charge is 0.388 e. The van der Waals surface area contributed by atoms with Crippen LogP contribution in [0.2, 0.25) is 0 Å². The number of alkyl halides is 4. The molecule has 3 atom stereocenters. The molecule has 6 rings (SSSR count). The third-order valence-electron chi connectivity index (χ3n) is 8.94. The van der Waals surface area contributed by atoms with Crippen molar-refractivity contribution in [3.8, 4) is 11.1 Å². The van der Waals surface area contributed by atoms with Crippen molar-refractivity contribution in [3.63, 3.8) is 0 Å². The van der Waals surface area contributed by atoms with Crippen LogP contribution in [0, 0.1) is 17.7 Å². The highest BCUT2D eigenvalue weighted by atomic mass is 19.4. The molecule has 2 fully saturated rings. The highest BCUT2D eigenvalue weighted by Crippen LogP contribution is 2.51. The molecule has 7 heteroatoms. The molecule has 3 aromatic rings. The number of nitrogens with zero attached hydrogens (tertiary/aromatic N) is 1. The van der Waals surface area contributed by atoms with Crippen LogP contribution in [-0.2, 0) is 12.6 Å². The normalized spacial score (nSPS) is 22.9. The summed E-state index contributed by atoms with van der Waals surface area (Å²) in [5.41, 5.74) is 2.68. The summed E-state index contributed by atoms with van der Waals surface area (Å²) in [6.45, 7) is 0. The number of aliphatic hydroxyl groups excluding tert-OH is 1. The van der Waals surface area contributed by atoms with E-state index >= 15 is 4.39 Å². The highest BCUT2D eigenvalue weighted by Gasteiger charge is 2.39. The van der Waals surface area contributed by atoms with Crippen molar-refractivity contribution in [1.82, 2.24) is 4.98 Å². The second-order valence-electron chi connectivity index (χ2n) is 11.5. The summed E-state index contributed by atoms with van der Waals surface area (Å²) in [6, 6.07) is 10.0. The Morgan fingerprint density at radius 1 is 0.846 bits per heavy atom. The van der Waals surface area contributed by atoms with Gasteiger partial charge in [-0.2, -0.15) is 13.2 Å². The van der Waals surface area contributed by atoms with Gasteiger partial charge in [0.05, 0.1) is 17.4 Å². The summed E-state index contributed by atoms with van der Waals surface area (Å²) >= 11 is 0. The Balaban J connectivity index is 1.56. The molecule has 0 amide bonds. The minimum atomic E-state index is -4.52. The van der Waals surface area contributed by atoms with Gasteiger partial charge in [-0.15, -0.1) is 0 Å². The lowest BCUT2D eigenvalue weighted by Gasteiger charge is -2.27. The van der Waals surface area contributed by atoms with Gasteiger partial charge in [-0.25, -0.2) is 8.78 Å². The van der Waals surface area contributed by atoms with Crippen LogP contribution in [0.1, 0.15) is 103 Å². The molecule has 3 aliphatic carbocycles. The molecular formula is C32H32F5NO. The molecular weight excluding hydrogens is 509 g/mol. The van der Waals surface area contributed by atoms with Crippen molar-refractivity contribution in [2.75, 3.05) is 0 Å². The Labute approximate surface area is 225 Å². The predicted molar refractivity (Wildman–Crippen MR) is 139 cm³/mol. The Kier molecular flexibility index (Phi) is 6.98. The van der Waals surface area contributed by atoms with Gasteiger partial charge in [-0.05, 0) is 97.7 Å². The van der Waals surface area contributed by atoms with E-state index in [1.807, 2.05) is 0 Å². The van der Waals surface area contributed by atoms with Gasteiger partial charge in [-0.1, -0.05) is 37.1 Å². The molecule has 1 heterocycles. The molecule has 206 valence electrons. The second kappa shape index (κ2) is 10.3. The maximum absolute atomic E-state index is 16.8. The van der Waals surface area contributed by atoms with Crippen molar-refractivity contribution < 1.29 is 27.1 Å². The van der Waals surface area contributed by atoms with E-state index in [2.05, 4.69) is 0 Å². The van der Waals surface area contributed by atoms with Crippen LogP contribution in [0.3, 0.4) is 0 Å². The summed E-state index contributed by atoms with van der Waals surface area (Å²) in [5, 5.41) is 11.6. The molecule has 1 N–H and O–H groups in total. The number of aromatic nitrogens is 1. The van der Waals surface area contributed by atoms with Crippen LogP contribution in [0.4, 0.5) is 22.0 Å².